The fourth-order valence-corrected chi connectivity index (χ4v) is 4.84. The van der Waals surface area contributed by atoms with E-state index in [1.165, 1.54) is 4.90 Å². The van der Waals surface area contributed by atoms with Crippen LogP contribution in [0.2, 0.25) is 5.02 Å². The highest BCUT2D eigenvalue weighted by molar-refractivity contribution is 6.51. The number of nitrogens with zero attached hydrogens (tertiary/aromatic N) is 1. The van der Waals surface area contributed by atoms with Gasteiger partial charge in [0.2, 0.25) is 0 Å². The van der Waals surface area contributed by atoms with Crippen molar-refractivity contribution in [2.45, 2.75) is 58.9 Å². The first-order valence-corrected chi connectivity index (χ1v) is 13.3. The standard InChI is InChI=1S/C32H34ClNO4/c1-7-38-26-18-22(12-17-25(26)33)29(35)27-28(21-8-13-23(14-9-21)32(4,5)6)34(31(37)30(27)36)24-15-10-20(11-16-24)19(2)3/h8-19,28,35H,7H2,1-6H3/b29-27-. The molecule has 3 aromatic rings. The summed E-state index contributed by atoms with van der Waals surface area (Å²) in [4.78, 5) is 28.5. The fourth-order valence-electron chi connectivity index (χ4n) is 4.67. The lowest BCUT2D eigenvalue weighted by Crippen LogP contribution is -2.29. The van der Waals surface area contributed by atoms with Gasteiger partial charge in [0.05, 0.1) is 23.2 Å². The lowest BCUT2D eigenvalue weighted by atomic mass is 9.85. The van der Waals surface area contributed by atoms with Crippen molar-refractivity contribution in [2.75, 3.05) is 11.5 Å². The average molecular weight is 532 g/mol. The Balaban J connectivity index is 1.91. The van der Waals surface area contributed by atoms with E-state index >= 15 is 0 Å². The summed E-state index contributed by atoms with van der Waals surface area (Å²) >= 11 is 6.25. The molecule has 1 amide bonds. The minimum atomic E-state index is -0.805. The second-order valence-electron chi connectivity index (χ2n) is 10.9. The summed E-state index contributed by atoms with van der Waals surface area (Å²) in [5.41, 5.74) is 3.88. The number of aliphatic hydroxyl groups is 1. The van der Waals surface area contributed by atoms with Gasteiger partial charge in [-0.25, -0.2) is 0 Å². The molecular formula is C32H34ClNO4. The minimum Gasteiger partial charge on any atom is -0.507 e. The molecule has 1 unspecified atom stereocenters. The Kier molecular flexibility index (Phi) is 7.70. The summed E-state index contributed by atoms with van der Waals surface area (Å²) < 4.78 is 5.59. The molecule has 0 radical (unpaired) electrons. The Morgan fingerprint density at radius 1 is 1.00 bits per heavy atom. The van der Waals surface area contributed by atoms with Crippen LogP contribution in [0.5, 0.6) is 5.75 Å². The number of carbonyl (C=O) groups excluding carboxylic acids is 2. The van der Waals surface area contributed by atoms with Gasteiger partial charge in [0.15, 0.2) is 0 Å². The van der Waals surface area contributed by atoms with E-state index in [-0.39, 0.29) is 16.7 Å². The number of anilines is 1. The number of rotatable bonds is 6. The predicted molar refractivity (Wildman–Crippen MR) is 153 cm³/mol. The molecule has 1 atom stereocenters. The number of aliphatic hydroxyl groups excluding tert-OH is 1. The van der Waals surface area contributed by atoms with Gasteiger partial charge in [-0.3, -0.25) is 14.5 Å². The first-order valence-electron chi connectivity index (χ1n) is 12.9. The summed E-state index contributed by atoms with van der Waals surface area (Å²) in [5.74, 6) is -0.986. The van der Waals surface area contributed by atoms with Crippen LogP contribution in [0.4, 0.5) is 5.69 Å². The van der Waals surface area contributed by atoms with Crippen molar-refractivity contribution in [3.8, 4) is 5.75 Å². The second-order valence-corrected chi connectivity index (χ2v) is 11.3. The second kappa shape index (κ2) is 10.7. The molecule has 0 bridgehead atoms. The van der Waals surface area contributed by atoms with Crippen LogP contribution in [0.15, 0.2) is 72.3 Å². The number of hydrogen-bond donors (Lipinski definition) is 1. The van der Waals surface area contributed by atoms with Gasteiger partial charge >= 0.3 is 0 Å². The van der Waals surface area contributed by atoms with Crippen molar-refractivity contribution >= 4 is 34.7 Å². The maximum Gasteiger partial charge on any atom is 0.300 e. The molecule has 6 heteroatoms. The molecule has 1 heterocycles. The normalized spacial score (nSPS) is 17.4. The Bertz CT molecular complexity index is 1380. The first kappa shape index (κ1) is 27.5. The third-order valence-corrected chi connectivity index (χ3v) is 7.19. The van der Waals surface area contributed by atoms with Crippen LogP contribution in [-0.2, 0) is 15.0 Å². The van der Waals surface area contributed by atoms with Crippen molar-refractivity contribution in [1.82, 2.24) is 0 Å². The number of carbonyl (C=O) groups is 2. The summed E-state index contributed by atoms with van der Waals surface area (Å²) in [5, 5.41) is 11.9. The topological polar surface area (TPSA) is 66.8 Å². The van der Waals surface area contributed by atoms with Crippen LogP contribution in [-0.4, -0.2) is 23.4 Å². The number of hydrogen-bond acceptors (Lipinski definition) is 4. The van der Waals surface area contributed by atoms with E-state index in [0.717, 1.165) is 16.7 Å². The number of amides is 1. The Morgan fingerprint density at radius 3 is 2.18 bits per heavy atom. The summed E-state index contributed by atoms with van der Waals surface area (Å²) in [6.07, 6.45) is 0. The van der Waals surface area contributed by atoms with E-state index in [1.54, 1.807) is 18.2 Å². The van der Waals surface area contributed by atoms with E-state index in [4.69, 9.17) is 16.3 Å². The van der Waals surface area contributed by atoms with E-state index in [2.05, 4.69) is 34.6 Å². The molecule has 1 aliphatic rings. The molecule has 3 aromatic carbocycles. The molecule has 5 nitrogen and oxygen atoms in total. The lowest BCUT2D eigenvalue weighted by molar-refractivity contribution is -0.132. The highest BCUT2D eigenvalue weighted by Crippen LogP contribution is 2.43. The monoisotopic (exact) mass is 531 g/mol. The Hall–Kier alpha value is -3.57. The summed E-state index contributed by atoms with van der Waals surface area (Å²) in [6.45, 7) is 12.8. The summed E-state index contributed by atoms with van der Waals surface area (Å²) in [6, 6.07) is 19.5. The van der Waals surface area contributed by atoms with E-state index < -0.39 is 17.7 Å². The van der Waals surface area contributed by atoms with E-state index in [0.29, 0.717) is 34.5 Å². The summed E-state index contributed by atoms with van der Waals surface area (Å²) in [7, 11) is 0. The zero-order valence-corrected chi connectivity index (χ0v) is 23.5. The molecule has 0 aliphatic carbocycles. The zero-order valence-electron chi connectivity index (χ0n) is 22.7. The third-order valence-electron chi connectivity index (χ3n) is 6.88. The molecule has 0 aromatic heterocycles. The molecule has 1 aliphatic heterocycles. The van der Waals surface area contributed by atoms with E-state index in [1.807, 2.05) is 55.5 Å². The molecule has 0 saturated carbocycles. The number of ketones is 1. The molecule has 1 fully saturated rings. The van der Waals surface area contributed by atoms with Crippen molar-refractivity contribution in [1.29, 1.82) is 0 Å². The van der Waals surface area contributed by atoms with Crippen molar-refractivity contribution in [3.05, 3.63) is 99.6 Å². The first-order chi connectivity index (χ1) is 17.9. The van der Waals surface area contributed by atoms with Crippen LogP contribution in [0.3, 0.4) is 0 Å². The highest BCUT2D eigenvalue weighted by Gasteiger charge is 2.47. The molecule has 1 N–H and O–H groups in total. The van der Waals surface area contributed by atoms with Crippen LogP contribution in [0, 0.1) is 0 Å². The van der Waals surface area contributed by atoms with Gasteiger partial charge in [0.25, 0.3) is 11.7 Å². The van der Waals surface area contributed by atoms with Gasteiger partial charge in [-0.1, -0.05) is 82.6 Å². The third kappa shape index (κ3) is 5.21. The maximum absolute atomic E-state index is 13.5. The quantitative estimate of drug-likeness (QED) is 0.200. The Morgan fingerprint density at radius 2 is 1.63 bits per heavy atom. The van der Waals surface area contributed by atoms with Gasteiger partial charge < -0.3 is 9.84 Å². The van der Waals surface area contributed by atoms with Gasteiger partial charge in [0, 0.05) is 11.3 Å². The molecule has 198 valence electrons. The van der Waals surface area contributed by atoms with Crippen LogP contribution >= 0.6 is 11.6 Å². The SMILES string of the molecule is CCOc1cc(/C(O)=C2/C(=O)C(=O)N(c3ccc(C(C)C)cc3)C2c2ccc(C(C)(C)C)cc2)ccc1Cl. The van der Waals surface area contributed by atoms with E-state index in [9.17, 15) is 14.7 Å². The molecule has 1 saturated heterocycles. The largest absolute Gasteiger partial charge is 0.507 e. The number of halogens is 1. The number of benzene rings is 3. The number of Topliss-reactive ketones (excluding diaryl/α,β-unsaturated/α-hetero) is 1. The fraction of sp³-hybridized carbons (Fsp3) is 0.312. The molecule has 4 rings (SSSR count). The highest BCUT2D eigenvalue weighted by atomic mass is 35.5. The predicted octanol–water partition coefficient (Wildman–Crippen LogP) is 7.79. The maximum atomic E-state index is 13.5. The van der Waals surface area contributed by atoms with Crippen LogP contribution in [0.25, 0.3) is 5.76 Å². The smallest absolute Gasteiger partial charge is 0.300 e. The lowest BCUT2D eigenvalue weighted by Gasteiger charge is -2.27. The molecular weight excluding hydrogens is 498 g/mol. The zero-order chi connectivity index (χ0) is 27.8. The average Bonchev–Trinajstić information content (AvgIpc) is 3.15. The van der Waals surface area contributed by atoms with Crippen molar-refractivity contribution in [3.63, 3.8) is 0 Å². The van der Waals surface area contributed by atoms with Crippen LogP contribution in [0.1, 0.15) is 75.8 Å². The van der Waals surface area contributed by atoms with Gasteiger partial charge in [-0.2, -0.15) is 0 Å². The van der Waals surface area contributed by atoms with Crippen molar-refractivity contribution < 1.29 is 19.4 Å². The molecule has 0 spiro atoms. The minimum absolute atomic E-state index is 0.0243. The van der Waals surface area contributed by atoms with Gasteiger partial charge in [-0.05, 0) is 65.3 Å². The van der Waals surface area contributed by atoms with Crippen molar-refractivity contribution in [2.24, 2.45) is 0 Å². The van der Waals surface area contributed by atoms with Gasteiger partial charge in [0.1, 0.15) is 11.5 Å². The Labute approximate surface area is 229 Å². The van der Waals surface area contributed by atoms with Crippen LogP contribution < -0.4 is 9.64 Å². The molecule has 38 heavy (non-hydrogen) atoms. The van der Waals surface area contributed by atoms with Gasteiger partial charge in [-0.15, -0.1) is 0 Å². The number of ether oxygens (including phenoxy) is 1.